The molecule has 2 heterocycles. The molecule has 2 aliphatic rings. The van der Waals surface area contributed by atoms with Crippen LogP contribution in [0.4, 0.5) is 0 Å². The molecule has 2 fully saturated rings. The summed E-state index contributed by atoms with van der Waals surface area (Å²) in [5.74, 6) is 0.869. The normalized spacial score (nSPS) is 24.8. The minimum Gasteiger partial charge on any atom is -0.353 e. The number of nitrogens with zero attached hydrogens (tertiary/aromatic N) is 1. The van der Waals surface area contributed by atoms with Crippen LogP contribution in [0.25, 0.3) is 0 Å². The van der Waals surface area contributed by atoms with Crippen molar-refractivity contribution in [2.45, 2.75) is 38.1 Å². The predicted octanol–water partition coefficient (Wildman–Crippen LogP) is 0.587. The first-order chi connectivity index (χ1) is 8.24. The van der Waals surface area contributed by atoms with Gasteiger partial charge in [0.2, 0.25) is 5.91 Å². The number of rotatable bonds is 3. The molecule has 0 bridgehead atoms. The van der Waals surface area contributed by atoms with E-state index in [1.807, 2.05) is 0 Å². The maximum absolute atomic E-state index is 11.9. The number of likely N-dealkylation sites (tertiary alicyclic amines) is 1. The summed E-state index contributed by atoms with van der Waals surface area (Å²) in [7, 11) is 2.15. The van der Waals surface area contributed by atoms with Crippen molar-refractivity contribution >= 4 is 5.91 Å². The van der Waals surface area contributed by atoms with Crippen LogP contribution >= 0.6 is 0 Å². The topological polar surface area (TPSA) is 44.4 Å². The van der Waals surface area contributed by atoms with E-state index in [9.17, 15) is 4.79 Å². The standard InChI is InChI=1S/C13H25N3O/c1-16-8-4-12(5-9-16)15-13(17)10-11-2-6-14-7-3-11/h11-12,14H,2-10H2,1H3,(H,15,17). The Hall–Kier alpha value is -0.610. The lowest BCUT2D eigenvalue weighted by atomic mass is 9.94. The van der Waals surface area contributed by atoms with Crippen LogP contribution in [0.1, 0.15) is 32.1 Å². The zero-order valence-electron chi connectivity index (χ0n) is 10.9. The van der Waals surface area contributed by atoms with E-state index in [1.54, 1.807) is 0 Å². The van der Waals surface area contributed by atoms with Crippen LogP contribution in [0.15, 0.2) is 0 Å². The second-order valence-electron chi connectivity index (χ2n) is 5.54. The van der Waals surface area contributed by atoms with Crippen molar-refractivity contribution in [1.82, 2.24) is 15.5 Å². The van der Waals surface area contributed by atoms with Crippen molar-refractivity contribution in [2.24, 2.45) is 5.92 Å². The fourth-order valence-corrected chi connectivity index (χ4v) is 2.79. The molecule has 0 atom stereocenters. The third kappa shape index (κ3) is 4.28. The maximum atomic E-state index is 11.9. The molecule has 17 heavy (non-hydrogen) atoms. The molecule has 0 spiro atoms. The van der Waals surface area contributed by atoms with Crippen LogP contribution in [0, 0.1) is 5.92 Å². The molecule has 2 N–H and O–H groups in total. The van der Waals surface area contributed by atoms with Crippen molar-refractivity contribution in [1.29, 1.82) is 0 Å². The van der Waals surface area contributed by atoms with Crippen molar-refractivity contribution in [3.8, 4) is 0 Å². The van der Waals surface area contributed by atoms with Gasteiger partial charge >= 0.3 is 0 Å². The van der Waals surface area contributed by atoms with Gasteiger partial charge in [0.15, 0.2) is 0 Å². The van der Waals surface area contributed by atoms with Gasteiger partial charge in [-0.25, -0.2) is 0 Å². The monoisotopic (exact) mass is 239 g/mol. The first-order valence-electron chi connectivity index (χ1n) is 6.92. The van der Waals surface area contributed by atoms with E-state index in [2.05, 4.69) is 22.6 Å². The molecule has 4 heteroatoms. The molecule has 98 valence electrons. The van der Waals surface area contributed by atoms with E-state index < -0.39 is 0 Å². The lowest BCUT2D eigenvalue weighted by Gasteiger charge is -2.30. The minimum absolute atomic E-state index is 0.270. The maximum Gasteiger partial charge on any atom is 0.220 e. The molecule has 0 unspecified atom stereocenters. The zero-order chi connectivity index (χ0) is 12.1. The summed E-state index contributed by atoms with van der Waals surface area (Å²) in [6.07, 6.45) is 5.25. The molecule has 0 aliphatic carbocycles. The number of hydrogen-bond acceptors (Lipinski definition) is 3. The fourth-order valence-electron chi connectivity index (χ4n) is 2.79. The number of carbonyl (C=O) groups is 1. The van der Waals surface area contributed by atoms with E-state index in [0.29, 0.717) is 12.0 Å². The highest BCUT2D eigenvalue weighted by Gasteiger charge is 2.21. The van der Waals surface area contributed by atoms with E-state index in [0.717, 1.165) is 58.3 Å². The van der Waals surface area contributed by atoms with Crippen LogP contribution in [0.3, 0.4) is 0 Å². The van der Waals surface area contributed by atoms with Gasteiger partial charge in [-0.2, -0.15) is 0 Å². The van der Waals surface area contributed by atoms with Crippen molar-refractivity contribution in [3.63, 3.8) is 0 Å². The molecule has 2 aliphatic heterocycles. The molecule has 0 aromatic heterocycles. The van der Waals surface area contributed by atoms with E-state index in [-0.39, 0.29) is 5.91 Å². The Morgan fingerprint density at radius 2 is 1.88 bits per heavy atom. The van der Waals surface area contributed by atoms with Crippen molar-refractivity contribution in [2.75, 3.05) is 33.2 Å². The van der Waals surface area contributed by atoms with Gasteiger partial charge in [0.1, 0.15) is 0 Å². The third-order valence-electron chi connectivity index (χ3n) is 4.02. The van der Waals surface area contributed by atoms with E-state index in [4.69, 9.17) is 0 Å². The first kappa shape index (κ1) is 12.8. The summed E-state index contributed by atoms with van der Waals surface area (Å²) < 4.78 is 0. The highest BCUT2D eigenvalue weighted by molar-refractivity contribution is 5.76. The summed E-state index contributed by atoms with van der Waals surface area (Å²) >= 11 is 0. The number of piperidine rings is 2. The molecule has 1 amide bonds. The largest absolute Gasteiger partial charge is 0.353 e. The SMILES string of the molecule is CN1CCC(NC(=O)CC2CCNCC2)CC1. The van der Waals surface area contributed by atoms with Gasteiger partial charge in [-0.05, 0) is 64.8 Å². The van der Waals surface area contributed by atoms with Crippen molar-refractivity contribution in [3.05, 3.63) is 0 Å². The summed E-state index contributed by atoms with van der Waals surface area (Å²) in [6, 6.07) is 0.417. The highest BCUT2D eigenvalue weighted by Crippen LogP contribution is 2.16. The molecule has 0 radical (unpaired) electrons. The average Bonchev–Trinajstić information content (AvgIpc) is 2.33. The molecule has 0 aromatic carbocycles. The van der Waals surface area contributed by atoms with Gasteiger partial charge < -0.3 is 15.5 Å². The Labute approximate surface area is 104 Å². The van der Waals surface area contributed by atoms with E-state index >= 15 is 0 Å². The molecule has 2 saturated heterocycles. The molecule has 2 rings (SSSR count). The van der Waals surface area contributed by atoms with Gasteiger partial charge in [-0.15, -0.1) is 0 Å². The summed E-state index contributed by atoms with van der Waals surface area (Å²) in [6.45, 7) is 4.37. The van der Waals surface area contributed by atoms with Crippen LogP contribution in [0.5, 0.6) is 0 Å². The molecule has 0 saturated carbocycles. The number of carbonyl (C=O) groups excluding carboxylic acids is 1. The number of amides is 1. The van der Waals surface area contributed by atoms with Gasteiger partial charge in [0, 0.05) is 12.5 Å². The van der Waals surface area contributed by atoms with Gasteiger partial charge in [0.25, 0.3) is 0 Å². The second kappa shape index (κ2) is 6.36. The summed E-state index contributed by atoms with van der Waals surface area (Å²) in [5, 5.41) is 6.54. The average molecular weight is 239 g/mol. The molecule has 0 aromatic rings. The van der Waals surface area contributed by atoms with Crippen LogP contribution in [-0.4, -0.2) is 50.1 Å². The highest BCUT2D eigenvalue weighted by atomic mass is 16.1. The zero-order valence-corrected chi connectivity index (χ0v) is 10.9. The smallest absolute Gasteiger partial charge is 0.220 e. The Kier molecular flexibility index (Phi) is 4.80. The Morgan fingerprint density at radius 1 is 1.24 bits per heavy atom. The Balaban J connectivity index is 1.66. The van der Waals surface area contributed by atoms with Gasteiger partial charge in [-0.1, -0.05) is 0 Å². The van der Waals surface area contributed by atoms with E-state index in [1.165, 1.54) is 0 Å². The van der Waals surface area contributed by atoms with Crippen LogP contribution in [0.2, 0.25) is 0 Å². The lowest BCUT2D eigenvalue weighted by molar-refractivity contribution is -0.123. The first-order valence-corrected chi connectivity index (χ1v) is 6.92. The van der Waals surface area contributed by atoms with Crippen LogP contribution < -0.4 is 10.6 Å². The quantitative estimate of drug-likeness (QED) is 0.757. The molecular formula is C13H25N3O. The lowest BCUT2D eigenvalue weighted by Crippen LogP contribution is -2.44. The number of nitrogens with one attached hydrogen (secondary N) is 2. The predicted molar refractivity (Wildman–Crippen MR) is 68.9 cm³/mol. The number of hydrogen-bond donors (Lipinski definition) is 2. The van der Waals surface area contributed by atoms with Gasteiger partial charge in [-0.3, -0.25) is 4.79 Å². The third-order valence-corrected chi connectivity index (χ3v) is 4.02. The molecule has 4 nitrogen and oxygen atoms in total. The van der Waals surface area contributed by atoms with Gasteiger partial charge in [0.05, 0.1) is 0 Å². The second-order valence-corrected chi connectivity index (χ2v) is 5.54. The summed E-state index contributed by atoms with van der Waals surface area (Å²) in [4.78, 5) is 14.2. The molecular weight excluding hydrogens is 214 g/mol. The fraction of sp³-hybridized carbons (Fsp3) is 0.923. The Bertz CT molecular complexity index is 243. The Morgan fingerprint density at radius 3 is 2.53 bits per heavy atom. The summed E-state index contributed by atoms with van der Waals surface area (Å²) in [5.41, 5.74) is 0. The minimum atomic E-state index is 0.270. The van der Waals surface area contributed by atoms with Crippen LogP contribution in [-0.2, 0) is 4.79 Å². The van der Waals surface area contributed by atoms with Crippen molar-refractivity contribution < 1.29 is 4.79 Å².